The molecule has 2 aromatic heterocycles. The Bertz CT molecular complexity index is 454. The van der Waals surface area contributed by atoms with Crippen LogP contribution in [0.5, 0.6) is 0 Å². The number of hydrogen-bond acceptors (Lipinski definition) is 6. The first kappa shape index (κ1) is 12.9. The molecular formula is C12H17N5S. The van der Waals surface area contributed by atoms with Gasteiger partial charge in [0, 0.05) is 18.0 Å². The van der Waals surface area contributed by atoms with Gasteiger partial charge in [0.15, 0.2) is 5.82 Å². The molecule has 96 valence electrons. The summed E-state index contributed by atoms with van der Waals surface area (Å²) in [5.41, 5.74) is 3.42. The number of thiophene rings is 1. The topological polar surface area (TPSA) is 67.1 Å². The van der Waals surface area contributed by atoms with Crippen molar-refractivity contribution in [3.63, 3.8) is 0 Å². The van der Waals surface area contributed by atoms with Gasteiger partial charge in [-0.3, -0.25) is 9.88 Å². The Kier molecular flexibility index (Phi) is 4.63. The maximum Gasteiger partial charge on any atom is 0.158 e. The van der Waals surface area contributed by atoms with Gasteiger partial charge in [-0.25, -0.2) is 10.8 Å². The molecule has 0 aliphatic rings. The van der Waals surface area contributed by atoms with E-state index in [0.717, 1.165) is 25.3 Å². The van der Waals surface area contributed by atoms with Crippen molar-refractivity contribution in [3.05, 3.63) is 40.5 Å². The molecule has 0 fully saturated rings. The molecule has 5 nitrogen and oxygen atoms in total. The molecule has 0 unspecified atom stereocenters. The molecule has 0 amide bonds. The largest absolute Gasteiger partial charge is 0.307 e. The quantitative estimate of drug-likeness (QED) is 0.615. The van der Waals surface area contributed by atoms with Crippen LogP contribution in [0.1, 0.15) is 17.5 Å². The van der Waals surface area contributed by atoms with Crippen LogP contribution in [-0.2, 0) is 13.1 Å². The van der Waals surface area contributed by atoms with Crippen LogP contribution in [0.25, 0.3) is 0 Å². The molecule has 0 radical (unpaired) electrons. The Balaban J connectivity index is 1.96. The zero-order chi connectivity index (χ0) is 12.8. The molecule has 0 saturated heterocycles. The number of nitrogen functional groups attached to an aromatic ring is 1. The van der Waals surface area contributed by atoms with E-state index in [-0.39, 0.29) is 0 Å². The summed E-state index contributed by atoms with van der Waals surface area (Å²) in [5.74, 6) is 5.84. The summed E-state index contributed by atoms with van der Waals surface area (Å²) < 4.78 is 0. The van der Waals surface area contributed by atoms with Crippen LogP contribution in [0.15, 0.2) is 29.9 Å². The highest BCUT2D eigenvalue weighted by molar-refractivity contribution is 7.09. The number of nitrogens with one attached hydrogen (secondary N) is 1. The van der Waals surface area contributed by atoms with E-state index >= 15 is 0 Å². The van der Waals surface area contributed by atoms with Gasteiger partial charge < -0.3 is 5.43 Å². The number of aromatic nitrogens is 2. The molecular weight excluding hydrogens is 246 g/mol. The summed E-state index contributed by atoms with van der Waals surface area (Å²) >= 11 is 1.78. The van der Waals surface area contributed by atoms with Crippen molar-refractivity contribution in [2.24, 2.45) is 5.84 Å². The molecule has 0 aromatic carbocycles. The first-order valence-electron chi connectivity index (χ1n) is 5.84. The second-order valence-corrected chi connectivity index (χ2v) is 4.95. The highest BCUT2D eigenvalue weighted by atomic mass is 32.1. The van der Waals surface area contributed by atoms with E-state index in [1.165, 1.54) is 4.88 Å². The SMILES string of the molecule is CCN(Cc1cnc(NN)cn1)Cc1cccs1. The minimum atomic E-state index is 0.583. The molecule has 0 bridgehead atoms. The Hall–Kier alpha value is -1.50. The number of nitrogens with zero attached hydrogens (tertiary/aromatic N) is 3. The van der Waals surface area contributed by atoms with Gasteiger partial charge in [-0.15, -0.1) is 11.3 Å². The van der Waals surface area contributed by atoms with Crippen LogP contribution in [0.2, 0.25) is 0 Å². The number of hydrazine groups is 1. The fourth-order valence-electron chi connectivity index (χ4n) is 1.64. The average molecular weight is 263 g/mol. The van der Waals surface area contributed by atoms with Gasteiger partial charge in [0.25, 0.3) is 0 Å². The lowest BCUT2D eigenvalue weighted by atomic mass is 10.3. The normalized spacial score (nSPS) is 10.8. The van der Waals surface area contributed by atoms with E-state index in [0.29, 0.717) is 5.82 Å². The summed E-state index contributed by atoms with van der Waals surface area (Å²) in [4.78, 5) is 12.2. The van der Waals surface area contributed by atoms with E-state index in [1.807, 2.05) is 0 Å². The summed E-state index contributed by atoms with van der Waals surface area (Å²) in [6.45, 7) is 4.88. The Morgan fingerprint density at radius 3 is 2.78 bits per heavy atom. The number of anilines is 1. The van der Waals surface area contributed by atoms with Gasteiger partial charge in [0.2, 0.25) is 0 Å². The van der Waals surface area contributed by atoms with E-state index in [9.17, 15) is 0 Å². The lowest BCUT2D eigenvalue weighted by Gasteiger charge is -2.18. The summed E-state index contributed by atoms with van der Waals surface area (Å²) in [5, 5.41) is 2.10. The molecule has 2 aromatic rings. The molecule has 6 heteroatoms. The Morgan fingerprint density at radius 2 is 2.22 bits per heavy atom. The zero-order valence-electron chi connectivity index (χ0n) is 10.3. The number of hydrogen-bond donors (Lipinski definition) is 2. The highest BCUT2D eigenvalue weighted by Gasteiger charge is 2.07. The fraction of sp³-hybridized carbons (Fsp3) is 0.333. The van der Waals surface area contributed by atoms with Crippen molar-refractivity contribution in [2.45, 2.75) is 20.0 Å². The summed E-state index contributed by atoms with van der Waals surface area (Å²) in [6.07, 6.45) is 3.40. The van der Waals surface area contributed by atoms with Crippen LogP contribution in [0.4, 0.5) is 5.82 Å². The first-order chi connectivity index (χ1) is 8.81. The lowest BCUT2D eigenvalue weighted by molar-refractivity contribution is 0.270. The zero-order valence-corrected chi connectivity index (χ0v) is 11.2. The minimum Gasteiger partial charge on any atom is -0.307 e. The molecule has 0 aliphatic carbocycles. The van der Waals surface area contributed by atoms with Crippen LogP contribution >= 0.6 is 11.3 Å². The van der Waals surface area contributed by atoms with Crippen LogP contribution < -0.4 is 11.3 Å². The predicted molar refractivity (Wildman–Crippen MR) is 73.9 cm³/mol. The second kappa shape index (κ2) is 6.44. The first-order valence-corrected chi connectivity index (χ1v) is 6.72. The fourth-order valence-corrected chi connectivity index (χ4v) is 2.39. The number of nitrogens with two attached hydrogens (primary N) is 1. The Morgan fingerprint density at radius 1 is 1.33 bits per heavy atom. The van der Waals surface area contributed by atoms with Gasteiger partial charge in [-0.2, -0.15) is 0 Å². The molecule has 3 N–H and O–H groups in total. The van der Waals surface area contributed by atoms with Gasteiger partial charge in [-0.05, 0) is 18.0 Å². The van der Waals surface area contributed by atoms with Crippen molar-refractivity contribution in [2.75, 3.05) is 12.0 Å². The van der Waals surface area contributed by atoms with Crippen molar-refractivity contribution < 1.29 is 0 Å². The monoisotopic (exact) mass is 263 g/mol. The molecule has 0 spiro atoms. The molecule has 0 atom stereocenters. The predicted octanol–water partition coefficient (Wildman–Crippen LogP) is 1.85. The van der Waals surface area contributed by atoms with Crippen molar-refractivity contribution >= 4 is 17.2 Å². The van der Waals surface area contributed by atoms with E-state index in [1.54, 1.807) is 23.7 Å². The number of rotatable bonds is 6. The van der Waals surface area contributed by atoms with Crippen molar-refractivity contribution in [1.82, 2.24) is 14.9 Å². The Labute approximate surface area is 111 Å². The molecule has 0 saturated carbocycles. The highest BCUT2D eigenvalue weighted by Crippen LogP contribution is 2.13. The smallest absolute Gasteiger partial charge is 0.158 e. The summed E-state index contributed by atoms with van der Waals surface area (Å²) in [6, 6.07) is 4.23. The average Bonchev–Trinajstić information content (AvgIpc) is 2.91. The molecule has 2 heterocycles. The second-order valence-electron chi connectivity index (χ2n) is 3.92. The lowest BCUT2D eigenvalue weighted by Crippen LogP contribution is -2.22. The van der Waals surface area contributed by atoms with E-state index in [4.69, 9.17) is 5.84 Å². The maximum atomic E-state index is 5.26. The van der Waals surface area contributed by atoms with Gasteiger partial charge in [0.1, 0.15) is 0 Å². The van der Waals surface area contributed by atoms with Crippen LogP contribution in [0, 0.1) is 0 Å². The van der Waals surface area contributed by atoms with Gasteiger partial charge >= 0.3 is 0 Å². The van der Waals surface area contributed by atoms with Crippen molar-refractivity contribution in [1.29, 1.82) is 0 Å². The third-order valence-electron chi connectivity index (χ3n) is 2.65. The third-order valence-corrected chi connectivity index (χ3v) is 3.51. The molecule has 18 heavy (non-hydrogen) atoms. The van der Waals surface area contributed by atoms with E-state index < -0.39 is 0 Å². The third kappa shape index (κ3) is 3.49. The van der Waals surface area contributed by atoms with Gasteiger partial charge in [-0.1, -0.05) is 13.0 Å². The van der Waals surface area contributed by atoms with Crippen LogP contribution in [0.3, 0.4) is 0 Å². The minimum absolute atomic E-state index is 0.583. The van der Waals surface area contributed by atoms with Crippen LogP contribution in [-0.4, -0.2) is 21.4 Å². The molecule has 2 rings (SSSR count). The maximum absolute atomic E-state index is 5.26. The van der Waals surface area contributed by atoms with E-state index in [2.05, 4.69) is 44.7 Å². The molecule has 0 aliphatic heterocycles. The summed E-state index contributed by atoms with van der Waals surface area (Å²) in [7, 11) is 0. The van der Waals surface area contributed by atoms with Gasteiger partial charge in [0.05, 0.1) is 18.1 Å². The van der Waals surface area contributed by atoms with Crippen molar-refractivity contribution in [3.8, 4) is 0 Å². The standard InChI is InChI=1S/C12H17N5S/c1-2-17(9-11-4-3-5-18-11)8-10-6-15-12(16-13)7-14-10/h3-7H,2,8-9,13H2,1H3,(H,15,16).